The van der Waals surface area contributed by atoms with E-state index in [2.05, 4.69) is 0 Å². The number of benzene rings is 2. The number of epoxide rings is 1. The second-order valence-electron chi connectivity index (χ2n) is 4.46. The van der Waals surface area contributed by atoms with E-state index in [1.54, 1.807) is 6.07 Å². The summed E-state index contributed by atoms with van der Waals surface area (Å²) in [7, 11) is 0. The van der Waals surface area contributed by atoms with Gasteiger partial charge in [0.1, 0.15) is 18.5 Å². The van der Waals surface area contributed by atoms with E-state index in [1.165, 1.54) is 0 Å². The molecule has 0 aromatic heterocycles. The third-order valence-electron chi connectivity index (χ3n) is 2.99. The summed E-state index contributed by atoms with van der Waals surface area (Å²) in [6.07, 6.45) is 0.180. The van der Waals surface area contributed by atoms with E-state index >= 15 is 0 Å². The van der Waals surface area contributed by atoms with Crippen molar-refractivity contribution in [2.45, 2.75) is 6.10 Å². The molecule has 96 valence electrons. The fourth-order valence-electron chi connectivity index (χ4n) is 1.87. The van der Waals surface area contributed by atoms with Crippen LogP contribution in [0.25, 0.3) is 0 Å². The van der Waals surface area contributed by atoms with Gasteiger partial charge in [0.25, 0.3) is 0 Å². The van der Waals surface area contributed by atoms with Gasteiger partial charge >= 0.3 is 0 Å². The topological polar surface area (TPSA) is 38.8 Å². The minimum absolute atomic E-state index is 0.0204. The Hall–Kier alpha value is -2.13. The number of rotatable bonds is 5. The number of para-hydroxylation sites is 1. The van der Waals surface area contributed by atoms with Gasteiger partial charge in [0, 0.05) is 5.56 Å². The lowest BCUT2D eigenvalue weighted by Crippen LogP contribution is -2.09. The molecule has 3 rings (SSSR count). The quantitative estimate of drug-likeness (QED) is 0.608. The van der Waals surface area contributed by atoms with E-state index in [1.807, 2.05) is 48.5 Å². The Morgan fingerprint density at radius 3 is 2.53 bits per heavy atom. The van der Waals surface area contributed by atoms with Gasteiger partial charge in [-0.2, -0.15) is 0 Å². The van der Waals surface area contributed by atoms with Gasteiger partial charge < -0.3 is 9.47 Å². The Morgan fingerprint density at radius 2 is 1.79 bits per heavy atom. The number of hydrogen-bond donors (Lipinski definition) is 0. The normalized spacial score (nSPS) is 16.9. The molecule has 1 unspecified atom stereocenters. The Bertz CT molecular complexity index is 574. The first-order valence-electron chi connectivity index (χ1n) is 6.28. The number of ketones is 1. The van der Waals surface area contributed by atoms with Gasteiger partial charge in [-0.25, -0.2) is 0 Å². The molecule has 0 aliphatic carbocycles. The molecule has 0 N–H and O–H groups in total. The van der Waals surface area contributed by atoms with E-state index in [4.69, 9.17) is 9.47 Å². The van der Waals surface area contributed by atoms with Crippen LogP contribution in [0.15, 0.2) is 54.6 Å². The van der Waals surface area contributed by atoms with Crippen molar-refractivity contribution in [2.75, 3.05) is 13.2 Å². The molecule has 0 saturated carbocycles. The van der Waals surface area contributed by atoms with Crippen molar-refractivity contribution in [3.8, 4) is 5.75 Å². The van der Waals surface area contributed by atoms with Crippen molar-refractivity contribution >= 4 is 5.78 Å². The molecule has 0 radical (unpaired) electrons. The number of hydrogen-bond acceptors (Lipinski definition) is 3. The maximum atomic E-state index is 12.4. The summed E-state index contributed by atoms with van der Waals surface area (Å²) in [5.74, 6) is 0.597. The number of carbonyl (C=O) groups excluding carboxylic acids is 1. The van der Waals surface area contributed by atoms with Crippen LogP contribution >= 0.6 is 0 Å². The standard InChI is InChI=1S/C16H14O3/c17-16(12-6-2-1-3-7-12)14-8-4-5-9-15(14)19-11-13-10-18-13/h1-9,13H,10-11H2. The zero-order valence-corrected chi connectivity index (χ0v) is 10.4. The molecule has 1 aliphatic rings. The third-order valence-corrected chi connectivity index (χ3v) is 2.99. The summed E-state index contributed by atoms with van der Waals surface area (Å²) in [5.41, 5.74) is 1.26. The average Bonchev–Trinajstić information content (AvgIpc) is 3.30. The minimum Gasteiger partial charge on any atom is -0.490 e. The molecule has 1 heterocycles. The summed E-state index contributed by atoms with van der Waals surface area (Å²) < 4.78 is 10.8. The van der Waals surface area contributed by atoms with Crippen molar-refractivity contribution in [2.24, 2.45) is 0 Å². The predicted octanol–water partition coefficient (Wildman–Crippen LogP) is 2.70. The minimum atomic E-state index is -0.0204. The summed E-state index contributed by atoms with van der Waals surface area (Å²) in [5, 5.41) is 0. The highest BCUT2D eigenvalue weighted by molar-refractivity contribution is 6.10. The van der Waals surface area contributed by atoms with Crippen molar-refractivity contribution in [1.29, 1.82) is 0 Å². The number of carbonyl (C=O) groups is 1. The van der Waals surface area contributed by atoms with Crippen LogP contribution in [-0.4, -0.2) is 25.1 Å². The molecule has 3 heteroatoms. The molecule has 2 aromatic rings. The first-order valence-corrected chi connectivity index (χ1v) is 6.28. The van der Waals surface area contributed by atoms with Crippen molar-refractivity contribution in [3.63, 3.8) is 0 Å². The highest BCUT2D eigenvalue weighted by atomic mass is 16.6. The molecule has 19 heavy (non-hydrogen) atoms. The Balaban J connectivity index is 1.84. The van der Waals surface area contributed by atoms with Crippen LogP contribution in [0.4, 0.5) is 0 Å². The molecule has 1 aliphatic heterocycles. The zero-order chi connectivity index (χ0) is 13.1. The second kappa shape index (κ2) is 5.24. The van der Waals surface area contributed by atoms with Gasteiger partial charge in [0.2, 0.25) is 0 Å². The maximum absolute atomic E-state index is 12.4. The van der Waals surface area contributed by atoms with E-state index < -0.39 is 0 Å². The molecular formula is C16H14O3. The van der Waals surface area contributed by atoms with Gasteiger partial charge in [-0.1, -0.05) is 42.5 Å². The van der Waals surface area contributed by atoms with E-state index in [9.17, 15) is 4.79 Å². The molecule has 1 fully saturated rings. The lowest BCUT2D eigenvalue weighted by atomic mass is 10.0. The fraction of sp³-hybridized carbons (Fsp3) is 0.188. The Morgan fingerprint density at radius 1 is 1.11 bits per heavy atom. The molecule has 0 spiro atoms. The summed E-state index contributed by atoms with van der Waals surface area (Å²) in [4.78, 5) is 12.4. The van der Waals surface area contributed by atoms with Gasteiger partial charge in [-0.15, -0.1) is 0 Å². The summed E-state index contributed by atoms with van der Waals surface area (Å²) in [6, 6.07) is 16.5. The lowest BCUT2D eigenvalue weighted by Gasteiger charge is -2.09. The van der Waals surface area contributed by atoms with Gasteiger partial charge in [-0.3, -0.25) is 4.79 Å². The van der Waals surface area contributed by atoms with Crippen LogP contribution in [-0.2, 0) is 4.74 Å². The van der Waals surface area contributed by atoms with Gasteiger partial charge in [0.05, 0.1) is 12.2 Å². The van der Waals surface area contributed by atoms with Crippen LogP contribution in [0.3, 0.4) is 0 Å². The van der Waals surface area contributed by atoms with Crippen molar-refractivity contribution < 1.29 is 14.3 Å². The van der Waals surface area contributed by atoms with E-state index in [-0.39, 0.29) is 11.9 Å². The maximum Gasteiger partial charge on any atom is 0.196 e. The van der Waals surface area contributed by atoms with E-state index in [0.717, 1.165) is 6.61 Å². The first kappa shape index (κ1) is 11.9. The van der Waals surface area contributed by atoms with Gasteiger partial charge in [0.15, 0.2) is 5.78 Å². The lowest BCUT2D eigenvalue weighted by molar-refractivity contribution is 0.103. The van der Waals surface area contributed by atoms with Crippen LogP contribution in [0.5, 0.6) is 5.75 Å². The second-order valence-corrected chi connectivity index (χ2v) is 4.46. The monoisotopic (exact) mass is 254 g/mol. The fourth-order valence-corrected chi connectivity index (χ4v) is 1.87. The Kier molecular flexibility index (Phi) is 3.29. The predicted molar refractivity (Wildman–Crippen MR) is 71.6 cm³/mol. The molecule has 2 aromatic carbocycles. The smallest absolute Gasteiger partial charge is 0.196 e. The molecular weight excluding hydrogens is 240 g/mol. The van der Waals surface area contributed by atoms with E-state index in [0.29, 0.717) is 23.5 Å². The van der Waals surface area contributed by atoms with Gasteiger partial charge in [-0.05, 0) is 12.1 Å². The molecule has 1 saturated heterocycles. The summed E-state index contributed by atoms with van der Waals surface area (Å²) >= 11 is 0. The first-order chi connectivity index (χ1) is 9.34. The highest BCUT2D eigenvalue weighted by Gasteiger charge is 2.24. The molecule has 3 nitrogen and oxygen atoms in total. The van der Waals surface area contributed by atoms with Crippen LogP contribution < -0.4 is 4.74 Å². The Labute approximate surface area is 111 Å². The molecule has 1 atom stereocenters. The highest BCUT2D eigenvalue weighted by Crippen LogP contribution is 2.23. The van der Waals surface area contributed by atoms with Crippen LogP contribution in [0, 0.1) is 0 Å². The summed E-state index contributed by atoms with van der Waals surface area (Å²) in [6.45, 7) is 1.24. The number of ether oxygens (including phenoxy) is 2. The van der Waals surface area contributed by atoms with Crippen LogP contribution in [0.2, 0.25) is 0 Å². The zero-order valence-electron chi connectivity index (χ0n) is 10.4. The molecule has 0 bridgehead atoms. The van der Waals surface area contributed by atoms with Crippen molar-refractivity contribution in [3.05, 3.63) is 65.7 Å². The van der Waals surface area contributed by atoms with Crippen molar-refractivity contribution in [1.82, 2.24) is 0 Å². The largest absolute Gasteiger partial charge is 0.490 e. The third kappa shape index (κ3) is 2.83. The SMILES string of the molecule is O=C(c1ccccc1)c1ccccc1OCC1CO1. The molecule has 0 amide bonds. The average molecular weight is 254 g/mol. The van der Waals surface area contributed by atoms with Crippen LogP contribution in [0.1, 0.15) is 15.9 Å².